The molecule has 1 atom stereocenters. The number of ether oxygens (including phenoxy) is 3. The number of aromatic amines is 1. The summed E-state index contributed by atoms with van der Waals surface area (Å²) in [7, 11) is 3.13. The van der Waals surface area contributed by atoms with Crippen LogP contribution >= 0.6 is 0 Å². The van der Waals surface area contributed by atoms with Crippen LogP contribution in [0.1, 0.15) is 29.7 Å². The average Bonchev–Trinajstić information content (AvgIpc) is 3.50. The van der Waals surface area contributed by atoms with Gasteiger partial charge in [0.1, 0.15) is 17.3 Å². The fourth-order valence-electron chi connectivity index (χ4n) is 5.07. The number of likely N-dealkylation sites (tertiary alicyclic amines) is 1. The van der Waals surface area contributed by atoms with E-state index in [2.05, 4.69) is 4.98 Å². The number of hydrogen-bond donors (Lipinski definition) is 3. The molecule has 40 heavy (non-hydrogen) atoms. The predicted octanol–water partition coefficient (Wildman–Crippen LogP) is 4.95. The van der Waals surface area contributed by atoms with E-state index in [1.54, 1.807) is 50.4 Å². The number of benzene rings is 3. The van der Waals surface area contributed by atoms with Crippen molar-refractivity contribution in [2.45, 2.75) is 19.4 Å². The number of aromatic nitrogens is 1. The Morgan fingerprint density at radius 1 is 0.975 bits per heavy atom. The lowest BCUT2D eigenvalue weighted by Gasteiger charge is -2.26. The Hall–Kier alpha value is -4.92. The minimum Gasteiger partial charge on any atom is -0.507 e. The van der Waals surface area contributed by atoms with Crippen LogP contribution in [-0.2, 0) is 16.0 Å². The van der Waals surface area contributed by atoms with E-state index in [9.17, 15) is 19.8 Å². The highest BCUT2D eigenvalue weighted by Gasteiger charge is 2.46. The Labute approximate surface area is 231 Å². The number of ketones is 1. The largest absolute Gasteiger partial charge is 0.507 e. The first kappa shape index (κ1) is 26.7. The van der Waals surface area contributed by atoms with E-state index in [1.807, 2.05) is 24.4 Å². The van der Waals surface area contributed by atoms with Crippen LogP contribution in [0.3, 0.4) is 0 Å². The van der Waals surface area contributed by atoms with Gasteiger partial charge in [-0.15, -0.1) is 0 Å². The standard InChI is InChI=1S/C31H30N2O7/c1-4-40-26-15-19(7-12-25(26)34)28-27(29(35)18-5-8-21(38-2)9-6-18)30(36)31(37)33(28)14-13-20-17-32-24-11-10-22(39-3)16-23(20)24/h5-12,15-17,28,32,34-35H,4,13-14H2,1-3H3/t28-/m0/s1. The number of methoxy groups -OCH3 is 2. The van der Waals surface area contributed by atoms with Gasteiger partial charge in [0.25, 0.3) is 11.7 Å². The lowest BCUT2D eigenvalue weighted by molar-refractivity contribution is -0.139. The Bertz CT molecular complexity index is 1600. The zero-order chi connectivity index (χ0) is 28.4. The molecule has 1 fully saturated rings. The number of H-pyrrole nitrogens is 1. The van der Waals surface area contributed by atoms with Gasteiger partial charge in [-0.3, -0.25) is 9.59 Å². The van der Waals surface area contributed by atoms with E-state index in [4.69, 9.17) is 14.2 Å². The summed E-state index contributed by atoms with van der Waals surface area (Å²) in [6, 6.07) is 16.1. The number of rotatable bonds is 9. The van der Waals surface area contributed by atoms with Crippen molar-refractivity contribution in [1.29, 1.82) is 0 Å². The summed E-state index contributed by atoms with van der Waals surface area (Å²) in [5.41, 5.74) is 2.73. The van der Waals surface area contributed by atoms with E-state index >= 15 is 0 Å². The highest BCUT2D eigenvalue weighted by Crippen LogP contribution is 2.42. The molecular formula is C31H30N2O7. The number of carbonyl (C=O) groups excluding carboxylic acids is 2. The van der Waals surface area contributed by atoms with Crippen molar-refractivity contribution < 1.29 is 34.0 Å². The van der Waals surface area contributed by atoms with E-state index in [1.165, 1.54) is 18.1 Å². The van der Waals surface area contributed by atoms with Crippen LogP contribution in [0, 0.1) is 0 Å². The molecule has 0 spiro atoms. The number of Topliss-reactive ketones (excluding diaryl/α,β-unsaturated/α-hetero) is 1. The minimum atomic E-state index is -0.901. The topological polar surface area (TPSA) is 121 Å². The molecule has 0 unspecified atom stereocenters. The molecule has 5 rings (SSSR count). The molecule has 1 amide bonds. The lowest BCUT2D eigenvalue weighted by atomic mass is 9.94. The molecule has 206 valence electrons. The van der Waals surface area contributed by atoms with Gasteiger partial charge in [-0.25, -0.2) is 0 Å². The number of aromatic hydroxyl groups is 1. The summed E-state index contributed by atoms with van der Waals surface area (Å²) in [6.45, 7) is 2.30. The van der Waals surface area contributed by atoms with Crippen molar-refractivity contribution in [2.24, 2.45) is 0 Å². The zero-order valence-corrected chi connectivity index (χ0v) is 22.4. The summed E-state index contributed by atoms with van der Waals surface area (Å²) in [4.78, 5) is 31.6. The maximum absolute atomic E-state index is 13.4. The van der Waals surface area contributed by atoms with E-state index < -0.39 is 17.7 Å². The number of nitrogens with one attached hydrogen (secondary N) is 1. The van der Waals surface area contributed by atoms with Gasteiger partial charge in [0, 0.05) is 29.2 Å². The third-order valence-electron chi connectivity index (χ3n) is 7.10. The maximum Gasteiger partial charge on any atom is 0.295 e. The molecule has 0 saturated carbocycles. The molecule has 9 nitrogen and oxygen atoms in total. The Morgan fingerprint density at radius 3 is 2.40 bits per heavy atom. The van der Waals surface area contributed by atoms with E-state index in [0.717, 1.165) is 16.5 Å². The molecular weight excluding hydrogens is 512 g/mol. The first-order chi connectivity index (χ1) is 19.4. The van der Waals surface area contributed by atoms with Gasteiger partial charge in [0.15, 0.2) is 11.5 Å². The Balaban J connectivity index is 1.58. The van der Waals surface area contributed by atoms with Crippen molar-refractivity contribution in [3.05, 3.63) is 89.1 Å². The number of phenolic OH excluding ortho intramolecular Hbond substituents is 1. The van der Waals surface area contributed by atoms with Crippen LogP contribution in [0.2, 0.25) is 0 Å². The number of amides is 1. The first-order valence-electron chi connectivity index (χ1n) is 12.9. The molecule has 1 aliphatic rings. The van der Waals surface area contributed by atoms with Gasteiger partial charge >= 0.3 is 0 Å². The third kappa shape index (κ3) is 4.82. The van der Waals surface area contributed by atoms with Crippen molar-refractivity contribution in [1.82, 2.24) is 9.88 Å². The average molecular weight is 543 g/mol. The molecule has 1 aliphatic heterocycles. The lowest BCUT2D eigenvalue weighted by Crippen LogP contribution is -2.31. The van der Waals surface area contributed by atoms with Crippen LogP contribution in [-0.4, -0.2) is 59.2 Å². The summed E-state index contributed by atoms with van der Waals surface area (Å²) in [5.74, 6) is -0.348. The van der Waals surface area contributed by atoms with Crippen LogP contribution in [0.4, 0.5) is 0 Å². The summed E-state index contributed by atoms with van der Waals surface area (Å²) >= 11 is 0. The second-order valence-corrected chi connectivity index (χ2v) is 9.36. The van der Waals surface area contributed by atoms with Crippen molar-refractivity contribution >= 4 is 28.4 Å². The highest BCUT2D eigenvalue weighted by molar-refractivity contribution is 6.46. The molecule has 2 heterocycles. The van der Waals surface area contributed by atoms with Crippen molar-refractivity contribution in [3.8, 4) is 23.0 Å². The molecule has 0 bridgehead atoms. The predicted molar refractivity (Wildman–Crippen MR) is 150 cm³/mol. The van der Waals surface area contributed by atoms with Gasteiger partial charge < -0.3 is 34.3 Å². The minimum absolute atomic E-state index is 0.0381. The van der Waals surface area contributed by atoms with Gasteiger partial charge in [0.2, 0.25) is 0 Å². The number of carbonyl (C=O) groups is 2. The molecule has 1 aromatic heterocycles. The third-order valence-corrected chi connectivity index (χ3v) is 7.10. The molecule has 1 saturated heterocycles. The second-order valence-electron chi connectivity index (χ2n) is 9.36. The van der Waals surface area contributed by atoms with Crippen molar-refractivity contribution in [2.75, 3.05) is 27.4 Å². The van der Waals surface area contributed by atoms with Crippen LogP contribution in [0.5, 0.6) is 23.0 Å². The Morgan fingerprint density at radius 2 is 1.70 bits per heavy atom. The number of phenols is 1. The van der Waals surface area contributed by atoms with Gasteiger partial charge in [-0.05, 0) is 79.1 Å². The van der Waals surface area contributed by atoms with Crippen LogP contribution < -0.4 is 14.2 Å². The van der Waals surface area contributed by atoms with Gasteiger partial charge in [0.05, 0.1) is 32.4 Å². The van der Waals surface area contributed by atoms with Crippen LogP contribution in [0.15, 0.2) is 72.4 Å². The van der Waals surface area contributed by atoms with E-state index in [-0.39, 0.29) is 29.4 Å². The number of aliphatic hydroxyl groups is 1. The second kappa shape index (κ2) is 11.1. The highest BCUT2D eigenvalue weighted by atomic mass is 16.5. The summed E-state index contributed by atoms with van der Waals surface area (Å²) in [6.07, 6.45) is 2.32. The SMILES string of the molecule is CCOc1cc([C@H]2C(=C(O)c3ccc(OC)cc3)C(=O)C(=O)N2CCc2c[nH]c3ccc(OC)cc23)ccc1O. The number of nitrogens with zero attached hydrogens (tertiary/aromatic N) is 1. The summed E-state index contributed by atoms with van der Waals surface area (Å²) < 4.78 is 16.1. The van der Waals surface area contributed by atoms with Gasteiger partial charge in [-0.1, -0.05) is 6.07 Å². The Kier molecular flexibility index (Phi) is 7.37. The van der Waals surface area contributed by atoms with Gasteiger partial charge in [-0.2, -0.15) is 0 Å². The number of hydrogen-bond acceptors (Lipinski definition) is 7. The maximum atomic E-state index is 13.4. The monoisotopic (exact) mass is 542 g/mol. The normalized spacial score (nSPS) is 16.5. The molecule has 0 aliphatic carbocycles. The quantitative estimate of drug-likeness (QED) is 0.155. The molecule has 3 N–H and O–H groups in total. The van der Waals surface area contributed by atoms with Crippen LogP contribution in [0.25, 0.3) is 16.7 Å². The summed E-state index contributed by atoms with van der Waals surface area (Å²) in [5, 5.41) is 22.6. The number of fused-ring (bicyclic) bond motifs is 1. The fraction of sp³-hybridized carbons (Fsp3) is 0.226. The molecule has 9 heteroatoms. The molecule has 3 aromatic carbocycles. The van der Waals surface area contributed by atoms with Crippen molar-refractivity contribution in [3.63, 3.8) is 0 Å². The first-order valence-corrected chi connectivity index (χ1v) is 12.9. The van der Waals surface area contributed by atoms with E-state index in [0.29, 0.717) is 35.7 Å². The fourth-order valence-corrected chi connectivity index (χ4v) is 5.07. The smallest absolute Gasteiger partial charge is 0.295 e. The zero-order valence-electron chi connectivity index (χ0n) is 22.4. The number of aliphatic hydroxyl groups excluding tert-OH is 1. The molecule has 0 radical (unpaired) electrons. The molecule has 4 aromatic rings.